The molecule has 0 aliphatic carbocycles. The second-order valence-electron chi connectivity index (χ2n) is 5.81. The lowest BCUT2D eigenvalue weighted by molar-refractivity contribution is 0.0949. The summed E-state index contributed by atoms with van der Waals surface area (Å²) in [6.07, 6.45) is 0.828. The Morgan fingerprint density at radius 1 is 1.11 bits per heavy atom. The molecule has 3 N–H and O–H groups in total. The standard InChI is InChI=1S/C20H23ClN2O4/c1-3-8-27-18-16(21)10-15(11-17(18)26-4-2)20(25)23-12-13-6-5-7-14(9-13)19(22)24/h5-7,9-11H,3-4,8,12H2,1-2H3,(H2,22,24)(H,23,25). The topological polar surface area (TPSA) is 90.6 Å². The van der Waals surface area contributed by atoms with Crippen molar-refractivity contribution in [3.8, 4) is 11.5 Å². The Hall–Kier alpha value is -2.73. The van der Waals surface area contributed by atoms with E-state index in [2.05, 4.69) is 5.32 Å². The first-order valence-electron chi connectivity index (χ1n) is 8.72. The lowest BCUT2D eigenvalue weighted by Crippen LogP contribution is -2.23. The van der Waals surface area contributed by atoms with Gasteiger partial charge in [-0.1, -0.05) is 30.7 Å². The van der Waals surface area contributed by atoms with Crippen LogP contribution in [0.4, 0.5) is 0 Å². The molecule has 2 amide bonds. The third-order valence-electron chi connectivity index (χ3n) is 3.69. The van der Waals surface area contributed by atoms with Crippen LogP contribution in [0.15, 0.2) is 36.4 Å². The van der Waals surface area contributed by atoms with E-state index in [-0.39, 0.29) is 12.5 Å². The van der Waals surface area contributed by atoms with Gasteiger partial charge in [-0.25, -0.2) is 0 Å². The Bertz CT molecular complexity index is 824. The van der Waals surface area contributed by atoms with Crippen LogP contribution in [0, 0.1) is 0 Å². The van der Waals surface area contributed by atoms with Crippen LogP contribution in [0.1, 0.15) is 46.5 Å². The quantitative estimate of drug-likeness (QED) is 0.684. The van der Waals surface area contributed by atoms with E-state index >= 15 is 0 Å². The molecular weight excluding hydrogens is 368 g/mol. The van der Waals surface area contributed by atoms with Gasteiger partial charge in [-0.2, -0.15) is 0 Å². The molecule has 0 atom stereocenters. The number of ether oxygens (including phenoxy) is 2. The Kier molecular flexibility index (Phi) is 7.49. The number of halogens is 1. The number of primary amides is 1. The lowest BCUT2D eigenvalue weighted by atomic mass is 10.1. The van der Waals surface area contributed by atoms with Gasteiger partial charge >= 0.3 is 0 Å². The molecule has 6 nitrogen and oxygen atoms in total. The van der Waals surface area contributed by atoms with E-state index in [1.807, 2.05) is 13.8 Å². The summed E-state index contributed by atoms with van der Waals surface area (Å²) in [5, 5.41) is 3.11. The molecule has 0 radical (unpaired) electrons. The SMILES string of the molecule is CCCOc1c(Cl)cc(C(=O)NCc2cccc(C(N)=O)c2)cc1OCC. The molecule has 144 valence electrons. The fourth-order valence-electron chi connectivity index (χ4n) is 2.43. The van der Waals surface area contributed by atoms with Crippen molar-refractivity contribution in [2.24, 2.45) is 5.73 Å². The Morgan fingerprint density at radius 2 is 1.89 bits per heavy atom. The van der Waals surface area contributed by atoms with Gasteiger partial charge in [-0.3, -0.25) is 9.59 Å². The van der Waals surface area contributed by atoms with Crippen molar-refractivity contribution in [1.29, 1.82) is 0 Å². The maximum atomic E-state index is 12.5. The highest BCUT2D eigenvalue weighted by molar-refractivity contribution is 6.32. The molecule has 0 saturated carbocycles. The number of carbonyl (C=O) groups excluding carboxylic acids is 2. The van der Waals surface area contributed by atoms with E-state index in [9.17, 15) is 9.59 Å². The molecule has 0 aliphatic rings. The lowest BCUT2D eigenvalue weighted by Gasteiger charge is -2.15. The molecule has 7 heteroatoms. The average Bonchev–Trinajstić information content (AvgIpc) is 2.65. The highest BCUT2D eigenvalue weighted by atomic mass is 35.5. The van der Waals surface area contributed by atoms with Gasteiger partial charge in [-0.15, -0.1) is 0 Å². The molecule has 2 aromatic carbocycles. The van der Waals surface area contributed by atoms with E-state index in [1.165, 1.54) is 0 Å². The molecule has 0 unspecified atom stereocenters. The van der Waals surface area contributed by atoms with Crippen LogP contribution in [0.2, 0.25) is 5.02 Å². The van der Waals surface area contributed by atoms with Gasteiger partial charge in [0.25, 0.3) is 5.91 Å². The average molecular weight is 391 g/mol. The summed E-state index contributed by atoms with van der Waals surface area (Å²) < 4.78 is 11.2. The fraction of sp³-hybridized carbons (Fsp3) is 0.300. The summed E-state index contributed by atoms with van der Waals surface area (Å²) in [7, 11) is 0. The Labute approximate surface area is 163 Å². The number of nitrogens with two attached hydrogens (primary N) is 1. The van der Waals surface area contributed by atoms with Gasteiger partial charge in [0.2, 0.25) is 5.91 Å². The van der Waals surface area contributed by atoms with Crippen LogP contribution >= 0.6 is 11.6 Å². The minimum Gasteiger partial charge on any atom is -0.490 e. The fourth-order valence-corrected chi connectivity index (χ4v) is 2.69. The van der Waals surface area contributed by atoms with Gasteiger partial charge in [0.1, 0.15) is 0 Å². The van der Waals surface area contributed by atoms with Crippen molar-refractivity contribution in [3.05, 3.63) is 58.1 Å². The van der Waals surface area contributed by atoms with E-state index in [0.29, 0.717) is 40.9 Å². The first kappa shape index (κ1) is 20.6. The molecule has 0 aromatic heterocycles. The van der Waals surface area contributed by atoms with E-state index in [4.69, 9.17) is 26.8 Å². The van der Waals surface area contributed by atoms with Crippen molar-refractivity contribution in [1.82, 2.24) is 5.32 Å². The second-order valence-corrected chi connectivity index (χ2v) is 6.22. The normalized spacial score (nSPS) is 10.3. The number of hydrogen-bond donors (Lipinski definition) is 2. The van der Waals surface area contributed by atoms with Gasteiger partial charge in [0.15, 0.2) is 11.5 Å². The van der Waals surface area contributed by atoms with E-state index < -0.39 is 5.91 Å². The summed E-state index contributed by atoms with van der Waals surface area (Å²) in [6.45, 7) is 5.00. The zero-order valence-electron chi connectivity index (χ0n) is 15.4. The molecule has 0 spiro atoms. The summed E-state index contributed by atoms with van der Waals surface area (Å²) in [4.78, 5) is 23.8. The molecule has 2 rings (SSSR count). The molecule has 2 aromatic rings. The smallest absolute Gasteiger partial charge is 0.251 e. The predicted octanol–water partition coefficient (Wildman–Crippen LogP) is 3.56. The summed E-state index contributed by atoms with van der Waals surface area (Å²) in [5.41, 5.74) is 6.79. The molecule has 0 aliphatic heterocycles. The highest BCUT2D eigenvalue weighted by Gasteiger charge is 2.16. The van der Waals surface area contributed by atoms with Gasteiger partial charge in [0.05, 0.1) is 18.2 Å². The third kappa shape index (κ3) is 5.62. The van der Waals surface area contributed by atoms with Crippen molar-refractivity contribution in [2.45, 2.75) is 26.8 Å². The van der Waals surface area contributed by atoms with Crippen LogP contribution in [0.25, 0.3) is 0 Å². The largest absolute Gasteiger partial charge is 0.490 e. The minimum atomic E-state index is -0.515. The Morgan fingerprint density at radius 3 is 2.56 bits per heavy atom. The molecule has 0 saturated heterocycles. The van der Waals surface area contributed by atoms with Crippen molar-refractivity contribution >= 4 is 23.4 Å². The van der Waals surface area contributed by atoms with Crippen LogP contribution in [-0.2, 0) is 6.54 Å². The minimum absolute atomic E-state index is 0.246. The van der Waals surface area contributed by atoms with Crippen LogP contribution in [-0.4, -0.2) is 25.0 Å². The van der Waals surface area contributed by atoms with Crippen LogP contribution in [0.5, 0.6) is 11.5 Å². The number of benzene rings is 2. The molecule has 0 bridgehead atoms. The van der Waals surface area contributed by atoms with Crippen LogP contribution < -0.4 is 20.5 Å². The number of nitrogens with one attached hydrogen (secondary N) is 1. The first-order chi connectivity index (χ1) is 13.0. The van der Waals surface area contributed by atoms with Crippen molar-refractivity contribution in [3.63, 3.8) is 0 Å². The zero-order valence-corrected chi connectivity index (χ0v) is 16.1. The van der Waals surface area contributed by atoms with Gasteiger partial charge in [-0.05, 0) is 43.2 Å². The van der Waals surface area contributed by atoms with Gasteiger partial charge in [0, 0.05) is 17.7 Å². The summed E-state index contributed by atoms with van der Waals surface area (Å²) >= 11 is 6.29. The zero-order chi connectivity index (χ0) is 19.8. The maximum Gasteiger partial charge on any atom is 0.251 e. The molecule has 0 heterocycles. The first-order valence-corrected chi connectivity index (χ1v) is 9.10. The highest BCUT2D eigenvalue weighted by Crippen LogP contribution is 2.36. The van der Waals surface area contributed by atoms with E-state index in [0.717, 1.165) is 12.0 Å². The van der Waals surface area contributed by atoms with Crippen LogP contribution in [0.3, 0.4) is 0 Å². The molecule has 27 heavy (non-hydrogen) atoms. The predicted molar refractivity (Wildman–Crippen MR) is 105 cm³/mol. The molecular formula is C20H23ClN2O4. The summed E-state index contributed by atoms with van der Waals surface area (Å²) in [5.74, 6) is 0.0359. The van der Waals surface area contributed by atoms with Gasteiger partial charge < -0.3 is 20.5 Å². The number of rotatable bonds is 9. The maximum absolute atomic E-state index is 12.5. The molecule has 0 fully saturated rings. The van der Waals surface area contributed by atoms with E-state index in [1.54, 1.807) is 36.4 Å². The number of carbonyl (C=O) groups is 2. The number of hydrogen-bond acceptors (Lipinski definition) is 4. The summed E-state index contributed by atoms with van der Waals surface area (Å²) in [6, 6.07) is 9.93. The number of amides is 2. The third-order valence-corrected chi connectivity index (χ3v) is 3.97. The van der Waals surface area contributed by atoms with Crippen molar-refractivity contribution in [2.75, 3.05) is 13.2 Å². The van der Waals surface area contributed by atoms with Crippen molar-refractivity contribution < 1.29 is 19.1 Å². The second kappa shape index (κ2) is 9.83. The monoisotopic (exact) mass is 390 g/mol. The Balaban J connectivity index is 2.15.